The zero-order valence-electron chi connectivity index (χ0n) is 11.5. The molecule has 19 heavy (non-hydrogen) atoms. The van der Waals surface area contributed by atoms with Crippen molar-refractivity contribution in [3.8, 4) is 0 Å². The summed E-state index contributed by atoms with van der Waals surface area (Å²) < 4.78 is 0. The lowest BCUT2D eigenvalue weighted by molar-refractivity contribution is -0.385. The average Bonchev–Trinajstić information content (AvgIpc) is 2.46. The van der Waals surface area contributed by atoms with Crippen molar-refractivity contribution < 1.29 is 4.92 Å². The summed E-state index contributed by atoms with van der Waals surface area (Å²) in [6.45, 7) is 0. The number of rotatable bonds is 5. The van der Waals surface area contributed by atoms with Crippen LogP contribution in [0.1, 0.15) is 37.7 Å². The van der Waals surface area contributed by atoms with Crippen molar-refractivity contribution in [1.29, 1.82) is 0 Å². The van der Waals surface area contributed by atoms with Crippen molar-refractivity contribution in [2.75, 3.05) is 7.05 Å². The molecule has 0 amide bonds. The van der Waals surface area contributed by atoms with Crippen molar-refractivity contribution in [1.82, 2.24) is 5.32 Å². The standard InChI is InChI=1S/C15H22N2O2/c1-16-14(12-7-3-2-4-8-12)11-13-9-5-6-10-15(13)17(18)19/h5-6,9-10,12,14,16H,2-4,7-8,11H2,1H3. The van der Waals surface area contributed by atoms with E-state index < -0.39 is 0 Å². The molecule has 1 aromatic rings. The molecule has 1 saturated carbocycles. The fourth-order valence-corrected chi connectivity index (χ4v) is 3.14. The first-order chi connectivity index (χ1) is 9.22. The lowest BCUT2D eigenvalue weighted by Gasteiger charge is -2.30. The quantitative estimate of drug-likeness (QED) is 0.654. The summed E-state index contributed by atoms with van der Waals surface area (Å²) in [4.78, 5) is 10.8. The summed E-state index contributed by atoms with van der Waals surface area (Å²) in [7, 11) is 1.97. The molecule has 0 radical (unpaired) electrons. The fourth-order valence-electron chi connectivity index (χ4n) is 3.14. The fraction of sp³-hybridized carbons (Fsp3) is 0.600. The summed E-state index contributed by atoms with van der Waals surface area (Å²) in [5.41, 5.74) is 1.09. The highest BCUT2D eigenvalue weighted by atomic mass is 16.6. The van der Waals surface area contributed by atoms with E-state index >= 15 is 0 Å². The lowest BCUT2D eigenvalue weighted by Crippen LogP contribution is -2.36. The Kier molecular flexibility index (Phi) is 4.91. The van der Waals surface area contributed by atoms with E-state index in [0.29, 0.717) is 12.0 Å². The van der Waals surface area contributed by atoms with E-state index in [1.54, 1.807) is 12.1 Å². The average molecular weight is 262 g/mol. The van der Waals surface area contributed by atoms with Crippen molar-refractivity contribution in [2.45, 2.75) is 44.6 Å². The van der Waals surface area contributed by atoms with Crippen LogP contribution in [0.25, 0.3) is 0 Å². The van der Waals surface area contributed by atoms with E-state index in [2.05, 4.69) is 5.32 Å². The topological polar surface area (TPSA) is 55.2 Å². The zero-order chi connectivity index (χ0) is 13.7. The lowest BCUT2D eigenvalue weighted by atomic mass is 9.81. The first-order valence-electron chi connectivity index (χ1n) is 7.12. The molecule has 4 nitrogen and oxygen atoms in total. The number of para-hydroxylation sites is 1. The molecule has 0 spiro atoms. The van der Waals surface area contributed by atoms with Crippen LogP contribution in [0.3, 0.4) is 0 Å². The Balaban J connectivity index is 2.11. The second-order valence-electron chi connectivity index (χ2n) is 5.38. The Bertz CT molecular complexity index is 428. The van der Waals surface area contributed by atoms with Gasteiger partial charge in [-0.25, -0.2) is 0 Å². The second kappa shape index (κ2) is 6.66. The molecule has 0 saturated heterocycles. The smallest absolute Gasteiger partial charge is 0.272 e. The summed E-state index contributed by atoms with van der Waals surface area (Å²) in [5, 5.41) is 14.4. The highest BCUT2D eigenvalue weighted by Crippen LogP contribution is 2.29. The number of nitrogens with zero attached hydrogens (tertiary/aromatic N) is 1. The molecule has 0 aliphatic heterocycles. The van der Waals surface area contributed by atoms with Gasteiger partial charge in [0.1, 0.15) is 0 Å². The molecule has 1 N–H and O–H groups in total. The van der Waals surface area contributed by atoms with Gasteiger partial charge in [0.05, 0.1) is 4.92 Å². The third-order valence-electron chi connectivity index (χ3n) is 4.22. The number of nitrogens with one attached hydrogen (secondary N) is 1. The third kappa shape index (κ3) is 3.53. The summed E-state index contributed by atoms with van der Waals surface area (Å²) in [5.74, 6) is 0.651. The van der Waals surface area contributed by atoms with E-state index in [4.69, 9.17) is 0 Å². The van der Waals surface area contributed by atoms with Gasteiger partial charge in [0.25, 0.3) is 5.69 Å². The van der Waals surface area contributed by atoms with Gasteiger partial charge in [0, 0.05) is 17.7 Å². The molecule has 1 unspecified atom stereocenters. The van der Waals surface area contributed by atoms with Crippen molar-refractivity contribution in [2.24, 2.45) is 5.92 Å². The molecule has 0 aromatic heterocycles. The van der Waals surface area contributed by atoms with Crippen LogP contribution in [0, 0.1) is 16.0 Å². The van der Waals surface area contributed by atoms with Gasteiger partial charge in [-0.2, -0.15) is 0 Å². The molecule has 1 aromatic carbocycles. The van der Waals surface area contributed by atoms with Gasteiger partial charge in [-0.15, -0.1) is 0 Å². The van der Waals surface area contributed by atoms with Gasteiger partial charge in [-0.1, -0.05) is 37.5 Å². The molecular formula is C15H22N2O2. The molecule has 4 heteroatoms. The Labute approximate surface area is 114 Å². The SMILES string of the molecule is CNC(Cc1ccccc1[N+](=O)[O-])C1CCCCC1. The maximum absolute atomic E-state index is 11.1. The maximum atomic E-state index is 11.1. The highest BCUT2D eigenvalue weighted by Gasteiger charge is 2.25. The Morgan fingerprint density at radius 1 is 1.32 bits per heavy atom. The maximum Gasteiger partial charge on any atom is 0.272 e. The number of benzene rings is 1. The Hall–Kier alpha value is -1.42. The van der Waals surface area contributed by atoms with Gasteiger partial charge >= 0.3 is 0 Å². The molecule has 0 bridgehead atoms. The summed E-state index contributed by atoms with van der Waals surface area (Å²) in [6, 6.07) is 7.45. The molecule has 1 aliphatic rings. The van der Waals surface area contributed by atoms with Gasteiger partial charge in [0.2, 0.25) is 0 Å². The van der Waals surface area contributed by atoms with Gasteiger partial charge in [0.15, 0.2) is 0 Å². The van der Waals surface area contributed by atoms with Crippen LogP contribution >= 0.6 is 0 Å². The molecule has 1 aliphatic carbocycles. The first kappa shape index (κ1) is 14.0. The van der Waals surface area contributed by atoms with Crippen molar-refractivity contribution in [3.63, 3.8) is 0 Å². The van der Waals surface area contributed by atoms with E-state index in [1.165, 1.54) is 32.1 Å². The van der Waals surface area contributed by atoms with Crippen LogP contribution in [0.2, 0.25) is 0 Å². The summed E-state index contributed by atoms with van der Waals surface area (Å²) in [6.07, 6.45) is 7.15. The monoisotopic (exact) mass is 262 g/mol. The Morgan fingerprint density at radius 3 is 2.63 bits per heavy atom. The van der Waals surface area contributed by atoms with Crippen LogP contribution in [0.15, 0.2) is 24.3 Å². The molecule has 2 rings (SSSR count). The number of hydrogen-bond acceptors (Lipinski definition) is 3. The summed E-state index contributed by atoms with van der Waals surface area (Å²) >= 11 is 0. The van der Waals surface area contributed by atoms with Gasteiger partial charge < -0.3 is 5.32 Å². The first-order valence-corrected chi connectivity index (χ1v) is 7.12. The predicted molar refractivity (Wildman–Crippen MR) is 76.2 cm³/mol. The van der Waals surface area contributed by atoms with E-state index in [0.717, 1.165) is 12.0 Å². The van der Waals surface area contributed by atoms with Crippen LogP contribution in [-0.2, 0) is 6.42 Å². The van der Waals surface area contributed by atoms with Gasteiger partial charge in [-0.3, -0.25) is 10.1 Å². The van der Waals surface area contributed by atoms with E-state index in [9.17, 15) is 10.1 Å². The molecule has 1 atom stereocenters. The highest BCUT2D eigenvalue weighted by molar-refractivity contribution is 5.40. The van der Waals surface area contributed by atoms with Crippen LogP contribution in [0.4, 0.5) is 5.69 Å². The van der Waals surface area contributed by atoms with E-state index in [1.807, 2.05) is 19.2 Å². The minimum Gasteiger partial charge on any atom is -0.316 e. The van der Waals surface area contributed by atoms with Crippen molar-refractivity contribution >= 4 is 5.69 Å². The normalized spacial score (nSPS) is 18.2. The van der Waals surface area contributed by atoms with Gasteiger partial charge in [-0.05, 0) is 32.2 Å². The number of likely N-dealkylation sites (N-methyl/N-ethyl adjacent to an activating group) is 1. The number of hydrogen-bond donors (Lipinski definition) is 1. The largest absolute Gasteiger partial charge is 0.316 e. The zero-order valence-corrected chi connectivity index (χ0v) is 11.5. The molecule has 0 heterocycles. The number of nitro benzene ring substituents is 1. The van der Waals surface area contributed by atoms with Crippen LogP contribution in [-0.4, -0.2) is 18.0 Å². The third-order valence-corrected chi connectivity index (χ3v) is 4.22. The second-order valence-corrected chi connectivity index (χ2v) is 5.38. The predicted octanol–water partition coefficient (Wildman–Crippen LogP) is 3.31. The molecule has 1 fully saturated rings. The van der Waals surface area contributed by atoms with Crippen LogP contribution in [0.5, 0.6) is 0 Å². The molecular weight excluding hydrogens is 240 g/mol. The Morgan fingerprint density at radius 2 is 2.00 bits per heavy atom. The molecule has 104 valence electrons. The van der Waals surface area contributed by atoms with E-state index in [-0.39, 0.29) is 10.6 Å². The number of nitro groups is 1. The minimum atomic E-state index is -0.275. The minimum absolute atomic E-state index is 0.249. The van der Waals surface area contributed by atoms with Crippen LogP contribution < -0.4 is 5.32 Å². The van der Waals surface area contributed by atoms with Crippen molar-refractivity contribution in [3.05, 3.63) is 39.9 Å².